The van der Waals surface area contributed by atoms with E-state index >= 15 is 0 Å². The second kappa shape index (κ2) is 6.74. The number of esters is 1. The van der Waals surface area contributed by atoms with Gasteiger partial charge in [-0.25, -0.2) is 13.2 Å². The summed E-state index contributed by atoms with van der Waals surface area (Å²) in [5.74, 6) is -0.379. The lowest BCUT2D eigenvalue weighted by Gasteiger charge is -2.22. The van der Waals surface area contributed by atoms with Crippen LogP contribution in [0.3, 0.4) is 0 Å². The number of anilines is 1. The number of rotatable bonds is 6. The molecule has 0 N–H and O–H groups in total. The van der Waals surface area contributed by atoms with Gasteiger partial charge >= 0.3 is 5.97 Å². The van der Waals surface area contributed by atoms with Gasteiger partial charge in [-0.2, -0.15) is 0 Å². The van der Waals surface area contributed by atoms with Crippen molar-refractivity contribution in [2.24, 2.45) is 0 Å². The summed E-state index contributed by atoms with van der Waals surface area (Å²) < 4.78 is 28.4. The van der Waals surface area contributed by atoms with E-state index in [9.17, 15) is 13.2 Å². The first-order valence-corrected chi connectivity index (χ1v) is 8.11. The number of nitrogens with zero attached hydrogens (tertiary/aromatic N) is 1. The highest BCUT2D eigenvalue weighted by atomic mass is 32.2. The Balaban J connectivity index is 2.89. The molecule has 0 saturated heterocycles. The maximum absolute atomic E-state index is 11.8. The Kier molecular flexibility index (Phi) is 5.56. The molecular formula is C14H21NO4S. The zero-order chi connectivity index (χ0) is 15.3. The fourth-order valence-corrected chi connectivity index (χ4v) is 2.71. The quantitative estimate of drug-likeness (QED) is 0.749. The summed E-state index contributed by atoms with van der Waals surface area (Å²) in [7, 11) is -0.0145. The summed E-state index contributed by atoms with van der Waals surface area (Å²) in [4.78, 5) is 13.4. The van der Waals surface area contributed by atoms with E-state index < -0.39 is 21.1 Å². The molecule has 0 unspecified atom stereocenters. The van der Waals surface area contributed by atoms with Crippen LogP contribution in [0.25, 0.3) is 0 Å². The van der Waals surface area contributed by atoms with E-state index in [1.807, 2.05) is 0 Å². The standard InChI is InChI=1S/C14H21NO4S/c1-11(2)20(17,18)10-9-15(3)13-8-6-5-7-12(13)14(16)19-4/h5-8,11H,9-10H2,1-4H3. The number of para-hydroxylation sites is 1. The summed E-state index contributed by atoms with van der Waals surface area (Å²) in [6.07, 6.45) is 0. The van der Waals surface area contributed by atoms with Crippen LogP contribution in [0.1, 0.15) is 24.2 Å². The molecule has 1 aromatic carbocycles. The molecule has 0 heterocycles. The highest BCUT2D eigenvalue weighted by molar-refractivity contribution is 7.92. The molecule has 0 amide bonds. The topological polar surface area (TPSA) is 63.7 Å². The average molecular weight is 299 g/mol. The molecular weight excluding hydrogens is 278 g/mol. The third kappa shape index (κ3) is 3.96. The van der Waals surface area contributed by atoms with E-state index in [4.69, 9.17) is 4.74 Å². The fraction of sp³-hybridized carbons (Fsp3) is 0.500. The van der Waals surface area contributed by atoms with E-state index in [0.29, 0.717) is 17.8 Å². The molecule has 0 spiro atoms. The van der Waals surface area contributed by atoms with E-state index in [2.05, 4.69) is 0 Å². The lowest BCUT2D eigenvalue weighted by atomic mass is 10.1. The summed E-state index contributed by atoms with van der Waals surface area (Å²) in [6, 6.07) is 6.98. The second-order valence-electron chi connectivity index (χ2n) is 4.85. The Morgan fingerprint density at radius 2 is 1.90 bits per heavy atom. The smallest absolute Gasteiger partial charge is 0.339 e. The normalized spacial score (nSPS) is 11.4. The van der Waals surface area contributed by atoms with E-state index in [1.54, 1.807) is 50.1 Å². The highest BCUT2D eigenvalue weighted by Gasteiger charge is 2.19. The molecule has 0 saturated carbocycles. The largest absolute Gasteiger partial charge is 0.465 e. The molecule has 0 aliphatic rings. The van der Waals surface area contributed by atoms with Crippen LogP contribution >= 0.6 is 0 Å². The van der Waals surface area contributed by atoms with Gasteiger partial charge in [0.15, 0.2) is 9.84 Å². The van der Waals surface area contributed by atoms with Gasteiger partial charge in [0.1, 0.15) is 0 Å². The van der Waals surface area contributed by atoms with Gasteiger partial charge in [-0.05, 0) is 26.0 Å². The SMILES string of the molecule is COC(=O)c1ccccc1N(C)CCS(=O)(=O)C(C)C. The highest BCUT2D eigenvalue weighted by Crippen LogP contribution is 2.20. The summed E-state index contributed by atoms with van der Waals surface area (Å²) >= 11 is 0. The molecule has 0 atom stereocenters. The van der Waals surface area contributed by atoms with Gasteiger partial charge < -0.3 is 9.64 Å². The molecule has 1 rings (SSSR count). The number of benzene rings is 1. The molecule has 1 aromatic rings. The first-order chi connectivity index (χ1) is 9.29. The van der Waals surface area contributed by atoms with Crippen molar-refractivity contribution < 1.29 is 17.9 Å². The Bertz CT molecular complexity index is 566. The molecule has 20 heavy (non-hydrogen) atoms. The molecule has 0 aliphatic carbocycles. The predicted molar refractivity (Wildman–Crippen MR) is 80.0 cm³/mol. The van der Waals surface area contributed by atoms with Gasteiger partial charge in [-0.15, -0.1) is 0 Å². The predicted octanol–water partition coefficient (Wildman–Crippen LogP) is 1.73. The van der Waals surface area contributed by atoms with Gasteiger partial charge in [0.05, 0.1) is 29.4 Å². The maximum atomic E-state index is 11.8. The molecule has 0 fully saturated rings. The fourth-order valence-electron chi connectivity index (χ4n) is 1.71. The number of ether oxygens (including phenoxy) is 1. The van der Waals surface area contributed by atoms with Crippen molar-refractivity contribution in [3.8, 4) is 0 Å². The van der Waals surface area contributed by atoms with Crippen LogP contribution < -0.4 is 4.90 Å². The monoisotopic (exact) mass is 299 g/mol. The van der Waals surface area contributed by atoms with Crippen LogP contribution in [0.4, 0.5) is 5.69 Å². The van der Waals surface area contributed by atoms with Crippen molar-refractivity contribution in [2.45, 2.75) is 19.1 Å². The van der Waals surface area contributed by atoms with Crippen LogP contribution in [-0.2, 0) is 14.6 Å². The number of methoxy groups -OCH3 is 1. The molecule has 0 aromatic heterocycles. The zero-order valence-electron chi connectivity index (χ0n) is 12.3. The first-order valence-electron chi connectivity index (χ1n) is 6.39. The van der Waals surface area contributed by atoms with Crippen LogP contribution in [0.5, 0.6) is 0 Å². The minimum Gasteiger partial charge on any atom is -0.465 e. The van der Waals surface area contributed by atoms with Gasteiger partial charge in [-0.1, -0.05) is 12.1 Å². The Labute approximate surface area is 120 Å². The van der Waals surface area contributed by atoms with Crippen molar-refractivity contribution >= 4 is 21.5 Å². The third-order valence-electron chi connectivity index (χ3n) is 3.15. The van der Waals surface area contributed by atoms with E-state index in [-0.39, 0.29) is 5.75 Å². The van der Waals surface area contributed by atoms with Crippen molar-refractivity contribution in [2.75, 3.05) is 31.4 Å². The molecule has 0 bridgehead atoms. The molecule has 0 radical (unpaired) electrons. The number of sulfone groups is 1. The van der Waals surface area contributed by atoms with Crippen molar-refractivity contribution in [3.63, 3.8) is 0 Å². The summed E-state index contributed by atoms with van der Waals surface area (Å²) in [5, 5.41) is -0.397. The first kappa shape index (κ1) is 16.5. The van der Waals surface area contributed by atoms with Crippen LogP contribution in [-0.4, -0.2) is 46.1 Å². The Morgan fingerprint density at radius 3 is 2.45 bits per heavy atom. The Hall–Kier alpha value is -1.56. The van der Waals surface area contributed by atoms with E-state index in [0.717, 1.165) is 0 Å². The van der Waals surface area contributed by atoms with Gasteiger partial charge in [0.2, 0.25) is 0 Å². The molecule has 6 heteroatoms. The van der Waals surface area contributed by atoms with E-state index in [1.165, 1.54) is 7.11 Å². The average Bonchev–Trinajstić information content (AvgIpc) is 2.43. The van der Waals surface area contributed by atoms with Crippen LogP contribution in [0.2, 0.25) is 0 Å². The van der Waals surface area contributed by atoms with Crippen LogP contribution in [0, 0.1) is 0 Å². The maximum Gasteiger partial charge on any atom is 0.339 e. The zero-order valence-corrected chi connectivity index (χ0v) is 13.1. The van der Waals surface area contributed by atoms with Crippen molar-refractivity contribution in [1.82, 2.24) is 0 Å². The number of hydrogen-bond acceptors (Lipinski definition) is 5. The van der Waals surface area contributed by atoms with Gasteiger partial charge in [0, 0.05) is 13.6 Å². The molecule has 5 nitrogen and oxygen atoms in total. The lowest BCUT2D eigenvalue weighted by molar-refractivity contribution is 0.0601. The van der Waals surface area contributed by atoms with Gasteiger partial charge in [0.25, 0.3) is 0 Å². The van der Waals surface area contributed by atoms with Crippen LogP contribution in [0.15, 0.2) is 24.3 Å². The Morgan fingerprint density at radius 1 is 1.30 bits per heavy atom. The molecule has 112 valence electrons. The third-order valence-corrected chi connectivity index (χ3v) is 5.34. The van der Waals surface area contributed by atoms with Gasteiger partial charge in [-0.3, -0.25) is 0 Å². The van der Waals surface area contributed by atoms with Crippen molar-refractivity contribution in [3.05, 3.63) is 29.8 Å². The minimum absolute atomic E-state index is 0.0523. The summed E-state index contributed by atoms with van der Waals surface area (Å²) in [5.41, 5.74) is 1.10. The summed E-state index contributed by atoms with van der Waals surface area (Å²) in [6.45, 7) is 3.66. The van der Waals surface area contributed by atoms with Crippen molar-refractivity contribution in [1.29, 1.82) is 0 Å². The number of carbonyl (C=O) groups excluding carboxylic acids is 1. The minimum atomic E-state index is -3.10. The molecule has 0 aliphatic heterocycles. The second-order valence-corrected chi connectivity index (χ2v) is 7.52. The number of hydrogen-bond donors (Lipinski definition) is 0. The lowest BCUT2D eigenvalue weighted by Crippen LogP contribution is -2.29. The number of carbonyl (C=O) groups is 1.